The third kappa shape index (κ3) is 3.38. The van der Waals surface area contributed by atoms with E-state index in [0.717, 1.165) is 42.9 Å². The zero-order chi connectivity index (χ0) is 14.7. The standard InChI is InChI=1S/C16H24N2O2/c1-11-6-7-18(10-15(11)17)9-14-8-13(12(2)19)4-5-16(14)20-3/h4-5,8,11,15H,6-7,9-10,17H2,1-3H3. The smallest absolute Gasteiger partial charge is 0.159 e. The average Bonchev–Trinajstić information content (AvgIpc) is 2.42. The van der Waals surface area contributed by atoms with E-state index in [9.17, 15) is 4.79 Å². The van der Waals surface area contributed by atoms with Gasteiger partial charge in [-0.2, -0.15) is 0 Å². The predicted molar refractivity (Wildman–Crippen MR) is 80.0 cm³/mol. The summed E-state index contributed by atoms with van der Waals surface area (Å²) in [6.07, 6.45) is 1.12. The molecular formula is C16H24N2O2. The fourth-order valence-corrected chi connectivity index (χ4v) is 2.68. The van der Waals surface area contributed by atoms with Crippen molar-refractivity contribution >= 4 is 5.78 Å². The Balaban J connectivity index is 2.15. The van der Waals surface area contributed by atoms with Gasteiger partial charge in [-0.15, -0.1) is 0 Å². The van der Waals surface area contributed by atoms with E-state index in [-0.39, 0.29) is 11.8 Å². The van der Waals surface area contributed by atoms with Crippen molar-refractivity contribution in [2.24, 2.45) is 11.7 Å². The molecule has 1 aromatic carbocycles. The monoisotopic (exact) mass is 276 g/mol. The molecule has 2 N–H and O–H groups in total. The second-order valence-electron chi connectivity index (χ2n) is 5.75. The number of carbonyl (C=O) groups excluding carboxylic acids is 1. The Labute approximate surface area is 120 Å². The molecule has 1 heterocycles. The van der Waals surface area contributed by atoms with E-state index in [1.807, 2.05) is 18.2 Å². The highest BCUT2D eigenvalue weighted by atomic mass is 16.5. The van der Waals surface area contributed by atoms with E-state index < -0.39 is 0 Å². The predicted octanol–water partition coefficient (Wildman–Crippen LogP) is 2.07. The molecular weight excluding hydrogens is 252 g/mol. The Kier molecular flexibility index (Phi) is 4.78. The summed E-state index contributed by atoms with van der Waals surface area (Å²) in [4.78, 5) is 13.8. The molecule has 0 spiro atoms. The molecule has 0 saturated carbocycles. The van der Waals surface area contributed by atoms with Gasteiger partial charge in [0, 0.05) is 30.3 Å². The number of likely N-dealkylation sites (tertiary alicyclic amines) is 1. The number of benzene rings is 1. The minimum atomic E-state index is 0.0814. The molecule has 2 rings (SSSR count). The molecule has 1 aromatic rings. The van der Waals surface area contributed by atoms with Crippen LogP contribution < -0.4 is 10.5 Å². The lowest BCUT2D eigenvalue weighted by atomic mass is 9.94. The number of hydrogen-bond donors (Lipinski definition) is 1. The Bertz CT molecular complexity index is 487. The van der Waals surface area contributed by atoms with E-state index in [4.69, 9.17) is 10.5 Å². The highest BCUT2D eigenvalue weighted by Crippen LogP contribution is 2.24. The minimum absolute atomic E-state index is 0.0814. The highest BCUT2D eigenvalue weighted by molar-refractivity contribution is 5.94. The van der Waals surface area contributed by atoms with Crippen molar-refractivity contribution in [3.05, 3.63) is 29.3 Å². The zero-order valence-corrected chi connectivity index (χ0v) is 12.6. The molecule has 1 aliphatic heterocycles. The van der Waals surface area contributed by atoms with Crippen molar-refractivity contribution in [3.63, 3.8) is 0 Å². The summed E-state index contributed by atoms with van der Waals surface area (Å²) in [5.41, 5.74) is 7.93. The third-order valence-corrected chi connectivity index (χ3v) is 4.18. The maximum absolute atomic E-state index is 11.5. The summed E-state index contributed by atoms with van der Waals surface area (Å²) in [5.74, 6) is 1.50. The first-order valence-electron chi connectivity index (χ1n) is 7.17. The van der Waals surface area contributed by atoms with Gasteiger partial charge in [0.05, 0.1) is 7.11 Å². The minimum Gasteiger partial charge on any atom is -0.496 e. The maximum atomic E-state index is 11.5. The molecule has 1 aliphatic rings. The lowest BCUT2D eigenvalue weighted by Crippen LogP contribution is -2.47. The number of piperidine rings is 1. The van der Waals surface area contributed by atoms with Crippen LogP contribution in [0, 0.1) is 5.92 Å². The van der Waals surface area contributed by atoms with E-state index in [0.29, 0.717) is 5.92 Å². The van der Waals surface area contributed by atoms with Gasteiger partial charge in [0.2, 0.25) is 0 Å². The molecule has 2 atom stereocenters. The first kappa shape index (κ1) is 15.0. The molecule has 0 aromatic heterocycles. The number of Topliss-reactive ketones (excluding diaryl/α,β-unsaturated/α-hetero) is 1. The van der Waals surface area contributed by atoms with Gasteiger partial charge in [-0.25, -0.2) is 0 Å². The van der Waals surface area contributed by atoms with Crippen LogP contribution in [0.2, 0.25) is 0 Å². The van der Waals surface area contributed by atoms with Crippen LogP contribution in [0.3, 0.4) is 0 Å². The van der Waals surface area contributed by atoms with E-state index >= 15 is 0 Å². The van der Waals surface area contributed by atoms with Crippen molar-refractivity contribution in [3.8, 4) is 5.75 Å². The lowest BCUT2D eigenvalue weighted by Gasteiger charge is -2.35. The maximum Gasteiger partial charge on any atom is 0.159 e. The second kappa shape index (κ2) is 6.37. The van der Waals surface area contributed by atoms with E-state index in [1.54, 1.807) is 14.0 Å². The number of methoxy groups -OCH3 is 1. The van der Waals surface area contributed by atoms with Crippen LogP contribution in [0.4, 0.5) is 0 Å². The first-order chi connectivity index (χ1) is 9.51. The van der Waals surface area contributed by atoms with E-state index in [1.165, 1.54) is 0 Å². The van der Waals surface area contributed by atoms with Crippen LogP contribution in [-0.4, -0.2) is 36.9 Å². The molecule has 0 aliphatic carbocycles. The van der Waals surface area contributed by atoms with Gasteiger partial charge in [-0.3, -0.25) is 9.69 Å². The van der Waals surface area contributed by atoms with Crippen LogP contribution in [0.15, 0.2) is 18.2 Å². The molecule has 20 heavy (non-hydrogen) atoms. The number of ether oxygens (including phenoxy) is 1. The van der Waals surface area contributed by atoms with Crippen LogP contribution in [0.25, 0.3) is 0 Å². The lowest BCUT2D eigenvalue weighted by molar-refractivity contribution is 0.101. The molecule has 4 heteroatoms. The van der Waals surface area contributed by atoms with Gasteiger partial charge in [-0.05, 0) is 44.0 Å². The number of nitrogens with zero attached hydrogens (tertiary/aromatic N) is 1. The zero-order valence-electron chi connectivity index (χ0n) is 12.6. The van der Waals surface area contributed by atoms with Gasteiger partial charge >= 0.3 is 0 Å². The third-order valence-electron chi connectivity index (χ3n) is 4.18. The molecule has 110 valence electrons. The van der Waals surface area contributed by atoms with Crippen LogP contribution in [0.5, 0.6) is 5.75 Å². The summed E-state index contributed by atoms with van der Waals surface area (Å²) < 4.78 is 5.40. The number of ketones is 1. The average molecular weight is 276 g/mol. The quantitative estimate of drug-likeness (QED) is 0.855. The van der Waals surface area contributed by atoms with Crippen LogP contribution in [-0.2, 0) is 6.54 Å². The Morgan fingerprint density at radius 1 is 1.50 bits per heavy atom. The fourth-order valence-electron chi connectivity index (χ4n) is 2.68. The van der Waals surface area contributed by atoms with Crippen molar-refractivity contribution in [2.45, 2.75) is 32.9 Å². The Hall–Kier alpha value is -1.39. The van der Waals surface area contributed by atoms with Crippen molar-refractivity contribution in [2.75, 3.05) is 20.2 Å². The van der Waals surface area contributed by atoms with Gasteiger partial charge in [0.1, 0.15) is 5.75 Å². The van der Waals surface area contributed by atoms with Crippen LogP contribution >= 0.6 is 0 Å². The van der Waals surface area contributed by atoms with Gasteiger partial charge in [-0.1, -0.05) is 6.92 Å². The molecule has 0 amide bonds. The van der Waals surface area contributed by atoms with Gasteiger partial charge in [0.25, 0.3) is 0 Å². The summed E-state index contributed by atoms with van der Waals surface area (Å²) in [6.45, 7) is 6.52. The molecule has 1 fully saturated rings. The number of nitrogens with two attached hydrogens (primary N) is 1. The highest BCUT2D eigenvalue weighted by Gasteiger charge is 2.23. The largest absolute Gasteiger partial charge is 0.496 e. The van der Waals surface area contributed by atoms with Crippen molar-refractivity contribution in [1.82, 2.24) is 4.90 Å². The molecule has 2 unspecified atom stereocenters. The summed E-state index contributed by atoms with van der Waals surface area (Å²) >= 11 is 0. The first-order valence-corrected chi connectivity index (χ1v) is 7.17. The summed E-state index contributed by atoms with van der Waals surface area (Å²) in [6, 6.07) is 5.85. The number of hydrogen-bond acceptors (Lipinski definition) is 4. The molecule has 4 nitrogen and oxygen atoms in total. The summed E-state index contributed by atoms with van der Waals surface area (Å²) in [7, 11) is 1.66. The molecule has 0 radical (unpaired) electrons. The fraction of sp³-hybridized carbons (Fsp3) is 0.562. The van der Waals surface area contributed by atoms with Gasteiger partial charge in [0.15, 0.2) is 5.78 Å². The normalized spacial score (nSPS) is 23.6. The number of carbonyl (C=O) groups is 1. The van der Waals surface area contributed by atoms with Crippen molar-refractivity contribution < 1.29 is 9.53 Å². The SMILES string of the molecule is COc1ccc(C(C)=O)cc1CN1CCC(C)C(N)C1. The topological polar surface area (TPSA) is 55.6 Å². The number of rotatable bonds is 4. The Morgan fingerprint density at radius 3 is 2.85 bits per heavy atom. The summed E-state index contributed by atoms with van der Waals surface area (Å²) in [5, 5.41) is 0. The van der Waals surface area contributed by atoms with Crippen LogP contribution in [0.1, 0.15) is 36.2 Å². The van der Waals surface area contributed by atoms with Crippen molar-refractivity contribution in [1.29, 1.82) is 0 Å². The Morgan fingerprint density at radius 2 is 2.25 bits per heavy atom. The molecule has 0 bridgehead atoms. The van der Waals surface area contributed by atoms with Gasteiger partial charge < -0.3 is 10.5 Å². The second-order valence-corrected chi connectivity index (χ2v) is 5.75. The van der Waals surface area contributed by atoms with E-state index in [2.05, 4.69) is 11.8 Å². The molecule has 1 saturated heterocycles.